The van der Waals surface area contributed by atoms with Gasteiger partial charge in [-0.2, -0.15) is 0 Å². The van der Waals surface area contributed by atoms with Crippen molar-refractivity contribution in [1.82, 2.24) is 15.5 Å². The van der Waals surface area contributed by atoms with Gasteiger partial charge in [-0.05, 0) is 25.3 Å². The normalized spacial score (nSPS) is 19.3. The van der Waals surface area contributed by atoms with Crippen molar-refractivity contribution in [2.75, 3.05) is 20.1 Å². The van der Waals surface area contributed by atoms with Crippen molar-refractivity contribution >= 4 is 11.8 Å². The van der Waals surface area contributed by atoms with E-state index in [0.717, 1.165) is 12.8 Å². The van der Waals surface area contributed by atoms with Gasteiger partial charge in [0, 0.05) is 25.7 Å². The van der Waals surface area contributed by atoms with Crippen LogP contribution in [0.3, 0.4) is 0 Å². The Kier molecular flexibility index (Phi) is 6.10. The lowest BCUT2D eigenvalue weighted by atomic mass is 10.0. The average Bonchev–Trinajstić information content (AvgIpc) is 3.03. The maximum absolute atomic E-state index is 14.2. The van der Waals surface area contributed by atoms with E-state index < -0.39 is 17.9 Å². The molecule has 126 valence electrons. The standard InChI is InChI=1S/C17H24FN3O2/c1-3-10-20-16(22)14-9-6-11-21(14)15(17(23)19-2)12-7-4-5-8-13(12)18/h4-5,7-8,14-15H,3,6,9-11H2,1-2H3,(H,19,23)(H,20,22). The number of carbonyl (C=O) groups is 2. The van der Waals surface area contributed by atoms with Crippen molar-refractivity contribution in [3.05, 3.63) is 35.6 Å². The Labute approximate surface area is 136 Å². The zero-order valence-electron chi connectivity index (χ0n) is 13.6. The third kappa shape index (κ3) is 3.88. The van der Waals surface area contributed by atoms with Crippen LogP contribution in [0.5, 0.6) is 0 Å². The third-order valence-electron chi connectivity index (χ3n) is 4.17. The second kappa shape index (κ2) is 8.06. The lowest BCUT2D eigenvalue weighted by Crippen LogP contribution is -2.48. The fraction of sp³-hybridized carbons (Fsp3) is 0.529. The number of nitrogens with zero attached hydrogens (tertiary/aromatic N) is 1. The molecule has 0 saturated carbocycles. The van der Waals surface area contributed by atoms with Gasteiger partial charge in [0.2, 0.25) is 11.8 Å². The maximum atomic E-state index is 14.2. The first-order valence-electron chi connectivity index (χ1n) is 8.09. The van der Waals surface area contributed by atoms with Gasteiger partial charge in [-0.3, -0.25) is 14.5 Å². The van der Waals surface area contributed by atoms with Crippen LogP contribution in [-0.4, -0.2) is 42.9 Å². The van der Waals surface area contributed by atoms with Crippen LogP contribution >= 0.6 is 0 Å². The van der Waals surface area contributed by atoms with Gasteiger partial charge < -0.3 is 10.6 Å². The minimum absolute atomic E-state index is 0.0883. The van der Waals surface area contributed by atoms with Gasteiger partial charge in [0.1, 0.15) is 11.9 Å². The minimum atomic E-state index is -0.791. The van der Waals surface area contributed by atoms with Gasteiger partial charge in [-0.25, -0.2) is 4.39 Å². The smallest absolute Gasteiger partial charge is 0.241 e. The number of halogens is 1. The van der Waals surface area contributed by atoms with E-state index in [4.69, 9.17) is 0 Å². The topological polar surface area (TPSA) is 61.4 Å². The fourth-order valence-electron chi connectivity index (χ4n) is 3.05. The number of carbonyl (C=O) groups excluding carboxylic acids is 2. The summed E-state index contributed by atoms with van der Waals surface area (Å²) in [5.41, 5.74) is 0.307. The summed E-state index contributed by atoms with van der Waals surface area (Å²) in [4.78, 5) is 26.6. The van der Waals surface area contributed by atoms with Crippen LogP contribution in [0.25, 0.3) is 0 Å². The summed E-state index contributed by atoms with van der Waals surface area (Å²) < 4.78 is 14.2. The summed E-state index contributed by atoms with van der Waals surface area (Å²) in [6, 6.07) is 5.05. The molecule has 0 bridgehead atoms. The zero-order valence-corrected chi connectivity index (χ0v) is 13.6. The minimum Gasteiger partial charge on any atom is -0.358 e. The Morgan fingerprint density at radius 2 is 2.13 bits per heavy atom. The summed E-state index contributed by atoms with van der Waals surface area (Å²) in [7, 11) is 1.53. The first-order chi connectivity index (χ1) is 11.1. The van der Waals surface area contributed by atoms with E-state index in [-0.39, 0.29) is 11.8 Å². The van der Waals surface area contributed by atoms with Crippen molar-refractivity contribution in [2.24, 2.45) is 0 Å². The molecule has 1 fully saturated rings. The van der Waals surface area contributed by atoms with Gasteiger partial charge >= 0.3 is 0 Å². The van der Waals surface area contributed by atoms with Crippen LogP contribution in [0, 0.1) is 5.82 Å². The maximum Gasteiger partial charge on any atom is 0.241 e. The van der Waals surface area contributed by atoms with Crippen LogP contribution < -0.4 is 10.6 Å². The van der Waals surface area contributed by atoms with E-state index in [9.17, 15) is 14.0 Å². The number of benzene rings is 1. The van der Waals surface area contributed by atoms with Gasteiger partial charge in [-0.15, -0.1) is 0 Å². The molecule has 2 amide bonds. The molecule has 2 unspecified atom stereocenters. The summed E-state index contributed by atoms with van der Waals surface area (Å²) in [5, 5.41) is 5.47. The molecule has 1 aromatic rings. The number of nitrogens with one attached hydrogen (secondary N) is 2. The zero-order chi connectivity index (χ0) is 16.8. The molecule has 1 aliphatic rings. The highest BCUT2D eigenvalue weighted by molar-refractivity contribution is 5.86. The molecule has 5 nitrogen and oxygen atoms in total. The van der Waals surface area contributed by atoms with E-state index in [1.807, 2.05) is 11.8 Å². The first-order valence-corrected chi connectivity index (χ1v) is 8.09. The molecule has 2 atom stereocenters. The molecule has 1 aliphatic heterocycles. The predicted molar refractivity (Wildman–Crippen MR) is 86.2 cm³/mol. The van der Waals surface area contributed by atoms with Crippen molar-refractivity contribution in [1.29, 1.82) is 0 Å². The molecular formula is C17H24FN3O2. The van der Waals surface area contributed by atoms with Crippen molar-refractivity contribution in [3.8, 4) is 0 Å². The highest BCUT2D eigenvalue weighted by Crippen LogP contribution is 2.31. The Balaban J connectivity index is 2.30. The molecule has 6 heteroatoms. The van der Waals surface area contributed by atoms with E-state index in [1.165, 1.54) is 13.1 Å². The average molecular weight is 321 g/mol. The second-order valence-corrected chi connectivity index (χ2v) is 5.73. The molecule has 1 heterocycles. The number of hydrogen-bond acceptors (Lipinski definition) is 3. The number of rotatable bonds is 6. The molecule has 1 saturated heterocycles. The van der Waals surface area contributed by atoms with E-state index >= 15 is 0 Å². The molecule has 0 radical (unpaired) electrons. The van der Waals surface area contributed by atoms with Gasteiger partial charge in [0.15, 0.2) is 0 Å². The van der Waals surface area contributed by atoms with Gasteiger partial charge in [0.25, 0.3) is 0 Å². The summed E-state index contributed by atoms with van der Waals surface area (Å²) in [6.07, 6.45) is 2.34. The van der Waals surface area contributed by atoms with E-state index in [0.29, 0.717) is 25.1 Å². The summed E-state index contributed by atoms with van der Waals surface area (Å²) in [6.45, 7) is 3.18. The Hall–Kier alpha value is -1.95. The molecule has 2 N–H and O–H groups in total. The summed E-state index contributed by atoms with van der Waals surface area (Å²) >= 11 is 0. The quantitative estimate of drug-likeness (QED) is 0.837. The molecule has 0 aromatic heterocycles. The summed E-state index contributed by atoms with van der Waals surface area (Å²) in [5.74, 6) is -0.819. The van der Waals surface area contributed by atoms with Crippen LogP contribution in [0.4, 0.5) is 4.39 Å². The van der Waals surface area contributed by atoms with E-state index in [1.54, 1.807) is 18.2 Å². The molecule has 23 heavy (non-hydrogen) atoms. The number of amides is 2. The SMILES string of the molecule is CCCNC(=O)C1CCCN1C(C(=O)NC)c1ccccc1F. The van der Waals surface area contributed by atoms with Crippen molar-refractivity contribution in [3.63, 3.8) is 0 Å². The van der Waals surface area contributed by atoms with Crippen LogP contribution in [0.15, 0.2) is 24.3 Å². The van der Waals surface area contributed by atoms with Gasteiger partial charge in [0.05, 0.1) is 6.04 Å². The Morgan fingerprint density at radius 3 is 2.78 bits per heavy atom. The molecule has 2 rings (SSSR count). The highest BCUT2D eigenvalue weighted by Gasteiger charge is 2.39. The largest absolute Gasteiger partial charge is 0.358 e. The Morgan fingerprint density at radius 1 is 1.39 bits per heavy atom. The molecular weight excluding hydrogens is 297 g/mol. The second-order valence-electron chi connectivity index (χ2n) is 5.73. The van der Waals surface area contributed by atoms with Crippen molar-refractivity contribution in [2.45, 2.75) is 38.3 Å². The molecule has 0 aliphatic carbocycles. The van der Waals surface area contributed by atoms with Crippen LogP contribution in [-0.2, 0) is 9.59 Å². The first kappa shape index (κ1) is 17.4. The van der Waals surface area contributed by atoms with Crippen LogP contribution in [0.1, 0.15) is 37.8 Å². The highest BCUT2D eigenvalue weighted by atomic mass is 19.1. The lowest BCUT2D eigenvalue weighted by molar-refractivity contribution is -0.131. The number of likely N-dealkylation sites (tertiary alicyclic amines) is 1. The lowest BCUT2D eigenvalue weighted by Gasteiger charge is -2.31. The van der Waals surface area contributed by atoms with Crippen molar-refractivity contribution < 1.29 is 14.0 Å². The monoisotopic (exact) mass is 321 g/mol. The fourth-order valence-corrected chi connectivity index (χ4v) is 3.05. The predicted octanol–water partition coefficient (Wildman–Crippen LogP) is 1.60. The number of hydrogen-bond donors (Lipinski definition) is 2. The van der Waals surface area contributed by atoms with Gasteiger partial charge in [-0.1, -0.05) is 25.1 Å². The Bertz CT molecular complexity index is 565. The van der Waals surface area contributed by atoms with E-state index in [2.05, 4.69) is 10.6 Å². The van der Waals surface area contributed by atoms with Crippen LogP contribution in [0.2, 0.25) is 0 Å². The number of likely N-dealkylation sites (N-methyl/N-ethyl adjacent to an activating group) is 1. The molecule has 0 spiro atoms. The third-order valence-corrected chi connectivity index (χ3v) is 4.17. The molecule has 1 aromatic carbocycles.